The van der Waals surface area contributed by atoms with Crippen molar-refractivity contribution in [3.8, 4) is 5.75 Å². The summed E-state index contributed by atoms with van der Waals surface area (Å²) in [5, 5.41) is 2.81. The maximum Gasteiger partial charge on any atom is 0.261 e. The zero-order chi connectivity index (χ0) is 23.0. The lowest BCUT2D eigenvalue weighted by Crippen LogP contribution is -2.24. The van der Waals surface area contributed by atoms with Crippen molar-refractivity contribution in [2.24, 2.45) is 0 Å². The van der Waals surface area contributed by atoms with Gasteiger partial charge in [0.2, 0.25) is 0 Å². The molecule has 168 valence electrons. The SMILES string of the molecule is COc1ccc(NS(=O)(=O)c2ccc(C(=O)NCCCSc3ccc(F)cc3)cc2)cc1. The van der Waals surface area contributed by atoms with Gasteiger partial charge in [0.1, 0.15) is 11.6 Å². The van der Waals surface area contributed by atoms with Gasteiger partial charge in [-0.2, -0.15) is 0 Å². The van der Waals surface area contributed by atoms with Crippen LogP contribution in [0.1, 0.15) is 16.8 Å². The van der Waals surface area contributed by atoms with E-state index in [4.69, 9.17) is 4.74 Å². The van der Waals surface area contributed by atoms with E-state index in [2.05, 4.69) is 10.0 Å². The molecule has 0 fully saturated rings. The smallest absolute Gasteiger partial charge is 0.261 e. The largest absolute Gasteiger partial charge is 0.497 e. The molecule has 9 heteroatoms. The van der Waals surface area contributed by atoms with Crippen LogP contribution in [0.15, 0.2) is 82.6 Å². The number of amides is 1. The molecule has 1 amide bonds. The Balaban J connectivity index is 1.48. The van der Waals surface area contributed by atoms with Gasteiger partial charge >= 0.3 is 0 Å². The average Bonchev–Trinajstić information content (AvgIpc) is 2.80. The molecule has 0 spiro atoms. The van der Waals surface area contributed by atoms with Gasteiger partial charge in [-0.05, 0) is 85.0 Å². The lowest BCUT2D eigenvalue weighted by Gasteiger charge is -2.10. The topological polar surface area (TPSA) is 84.5 Å². The average molecular weight is 475 g/mol. The molecule has 0 aromatic heterocycles. The molecule has 0 aliphatic carbocycles. The summed E-state index contributed by atoms with van der Waals surface area (Å²) in [5.41, 5.74) is 0.783. The molecule has 0 bridgehead atoms. The minimum absolute atomic E-state index is 0.0561. The lowest BCUT2D eigenvalue weighted by molar-refractivity contribution is 0.0953. The van der Waals surface area contributed by atoms with E-state index in [-0.39, 0.29) is 16.6 Å². The number of rotatable bonds is 10. The number of ether oxygens (including phenoxy) is 1. The summed E-state index contributed by atoms with van der Waals surface area (Å²) in [6, 6.07) is 18.5. The molecule has 0 atom stereocenters. The number of benzene rings is 3. The summed E-state index contributed by atoms with van der Waals surface area (Å²) in [6.45, 7) is 0.478. The predicted molar refractivity (Wildman–Crippen MR) is 124 cm³/mol. The number of nitrogens with one attached hydrogen (secondary N) is 2. The second-order valence-corrected chi connectivity index (χ2v) is 9.62. The Morgan fingerprint density at radius 3 is 2.25 bits per heavy atom. The van der Waals surface area contributed by atoms with Crippen LogP contribution in [0.3, 0.4) is 0 Å². The van der Waals surface area contributed by atoms with Gasteiger partial charge in [0.15, 0.2) is 0 Å². The van der Waals surface area contributed by atoms with E-state index in [1.54, 1.807) is 48.2 Å². The molecule has 3 rings (SSSR count). The minimum Gasteiger partial charge on any atom is -0.497 e. The number of carbonyl (C=O) groups is 1. The van der Waals surface area contributed by atoms with Crippen LogP contribution in [0, 0.1) is 5.82 Å². The molecule has 3 aromatic carbocycles. The Hall–Kier alpha value is -3.04. The summed E-state index contributed by atoms with van der Waals surface area (Å²) in [7, 11) is -2.25. The van der Waals surface area contributed by atoms with Crippen molar-refractivity contribution in [3.05, 3.63) is 84.2 Å². The van der Waals surface area contributed by atoms with E-state index < -0.39 is 10.0 Å². The van der Waals surface area contributed by atoms with Crippen LogP contribution in [0.25, 0.3) is 0 Å². The highest BCUT2D eigenvalue weighted by molar-refractivity contribution is 7.99. The monoisotopic (exact) mass is 474 g/mol. The van der Waals surface area contributed by atoms with Crippen LogP contribution >= 0.6 is 11.8 Å². The van der Waals surface area contributed by atoms with Crippen LogP contribution < -0.4 is 14.8 Å². The molecule has 0 saturated carbocycles. The second-order valence-electron chi connectivity index (χ2n) is 6.77. The molecule has 3 aromatic rings. The van der Waals surface area contributed by atoms with Gasteiger partial charge in [0, 0.05) is 22.7 Å². The van der Waals surface area contributed by atoms with E-state index in [1.165, 1.54) is 43.5 Å². The molecule has 0 saturated heterocycles. The molecule has 6 nitrogen and oxygen atoms in total. The third-order valence-electron chi connectivity index (χ3n) is 4.46. The summed E-state index contributed by atoms with van der Waals surface area (Å²) in [6.07, 6.45) is 0.742. The Morgan fingerprint density at radius 2 is 1.62 bits per heavy atom. The first-order valence-corrected chi connectivity index (χ1v) is 12.3. The van der Waals surface area contributed by atoms with Crippen molar-refractivity contribution in [1.82, 2.24) is 5.32 Å². The minimum atomic E-state index is -3.78. The maximum atomic E-state index is 12.9. The van der Waals surface area contributed by atoms with Gasteiger partial charge in [-0.1, -0.05) is 0 Å². The van der Waals surface area contributed by atoms with Gasteiger partial charge in [-0.3, -0.25) is 9.52 Å². The van der Waals surface area contributed by atoms with Crippen molar-refractivity contribution in [1.29, 1.82) is 0 Å². The maximum absolute atomic E-state index is 12.9. The van der Waals surface area contributed by atoms with Gasteiger partial charge in [0.05, 0.1) is 12.0 Å². The zero-order valence-electron chi connectivity index (χ0n) is 17.4. The lowest BCUT2D eigenvalue weighted by atomic mass is 10.2. The quantitative estimate of drug-likeness (QED) is 0.333. The number of carbonyl (C=O) groups excluding carboxylic acids is 1. The van der Waals surface area contributed by atoms with E-state index in [0.717, 1.165) is 17.1 Å². The Kier molecular flexibility index (Phi) is 8.13. The number of thioether (sulfide) groups is 1. The Bertz CT molecular complexity index is 1130. The first-order chi connectivity index (χ1) is 15.4. The first-order valence-electron chi connectivity index (χ1n) is 9.81. The fraction of sp³-hybridized carbons (Fsp3) is 0.174. The third kappa shape index (κ3) is 6.73. The van der Waals surface area contributed by atoms with Gasteiger partial charge in [-0.25, -0.2) is 12.8 Å². The molecule has 2 N–H and O–H groups in total. The Labute approximate surface area is 191 Å². The van der Waals surface area contributed by atoms with Crippen LogP contribution in [-0.2, 0) is 10.0 Å². The van der Waals surface area contributed by atoms with Crippen molar-refractivity contribution < 1.29 is 22.3 Å². The van der Waals surface area contributed by atoms with Crippen molar-refractivity contribution in [3.63, 3.8) is 0 Å². The fourth-order valence-corrected chi connectivity index (χ4v) is 4.67. The number of hydrogen-bond acceptors (Lipinski definition) is 5. The van der Waals surface area contributed by atoms with Crippen molar-refractivity contribution >= 4 is 33.4 Å². The summed E-state index contributed by atoms with van der Waals surface area (Å²) in [5.74, 6) is 0.860. The van der Waals surface area contributed by atoms with E-state index in [0.29, 0.717) is 23.5 Å². The van der Waals surface area contributed by atoms with Crippen molar-refractivity contribution in [2.45, 2.75) is 16.2 Å². The summed E-state index contributed by atoms with van der Waals surface area (Å²) in [4.78, 5) is 13.3. The summed E-state index contributed by atoms with van der Waals surface area (Å²) < 4.78 is 45.5. The number of methoxy groups -OCH3 is 1. The standard InChI is InChI=1S/C23H23FN2O4S2/c1-30-20-9-7-19(8-10-20)26-32(28,29)22-13-3-17(4-14-22)23(27)25-15-2-16-31-21-11-5-18(24)6-12-21/h3-14,26H,2,15-16H2,1H3,(H,25,27). The van der Waals surface area contributed by atoms with Crippen LogP contribution in [0.4, 0.5) is 10.1 Å². The highest BCUT2D eigenvalue weighted by Crippen LogP contribution is 2.20. The Morgan fingerprint density at radius 1 is 0.969 bits per heavy atom. The fourth-order valence-electron chi connectivity index (χ4n) is 2.76. The van der Waals surface area contributed by atoms with Crippen LogP contribution in [0.5, 0.6) is 5.75 Å². The normalized spacial score (nSPS) is 11.1. The highest BCUT2D eigenvalue weighted by Gasteiger charge is 2.15. The number of sulfonamides is 1. The van der Waals surface area contributed by atoms with Crippen LogP contribution in [-0.4, -0.2) is 33.7 Å². The van der Waals surface area contributed by atoms with E-state index in [1.807, 2.05) is 0 Å². The zero-order valence-corrected chi connectivity index (χ0v) is 19.0. The molecule has 0 aliphatic rings. The van der Waals surface area contributed by atoms with Crippen molar-refractivity contribution in [2.75, 3.05) is 24.1 Å². The molecule has 0 aliphatic heterocycles. The first kappa shape index (κ1) is 23.6. The molecule has 0 radical (unpaired) electrons. The molecule has 0 heterocycles. The second kappa shape index (κ2) is 11.0. The number of halogens is 1. The third-order valence-corrected chi connectivity index (χ3v) is 6.95. The van der Waals surface area contributed by atoms with E-state index >= 15 is 0 Å². The molecular weight excluding hydrogens is 451 g/mol. The molecule has 32 heavy (non-hydrogen) atoms. The van der Waals surface area contributed by atoms with Gasteiger partial charge in [-0.15, -0.1) is 11.8 Å². The molecule has 0 unspecified atom stereocenters. The van der Waals surface area contributed by atoms with Crippen LogP contribution in [0.2, 0.25) is 0 Å². The highest BCUT2D eigenvalue weighted by atomic mass is 32.2. The van der Waals surface area contributed by atoms with Gasteiger partial charge < -0.3 is 10.1 Å². The van der Waals surface area contributed by atoms with E-state index in [9.17, 15) is 17.6 Å². The number of hydrogen-bond donors (Lipinski definition) is 2. The summed E-state index contributed by atoms with van der Waals surface area (Å²) >= 11 is 1.59. The molecular formula is C23H23FN2O4S2. The number of anilines is 1. The van der Waals surface area contributed by atoms with Gasteiger partial charge in [0.25, 0.3) is 15.9 Å². The predicted octanol–water partition coefficient (Wildman–Crippen LogP) is 4.55.